The number of anilines is 1. The summed E-state index contributed by atoms with van der Waals surface area (Å²) in [6.45, 7) is 4.06. The van der Waals surface area contributed by atoms with Crippen LogP contribution in [0.25, 0.3) is 0 Å². The van der Waals surface area contributed by atoms with Gasteiger partial charge in [0.15, 0.2) is 0 Å². The van der Waals surface area contributed by atoms with Gasteiger partial charge in [-0.15, -0.1) is 0 Å². The molecular weight excluding hydrogens is 278 g/mol. The van der Waals surface area contributed by atoms with E-state index in [9.17, 15) is 0 Å². The Balaban J connectivity index is 2.19. The molecule has 88 valence electrons. The van der Waals surface area contributed by atoms with Crippen molar-refractivity contribution in [1.29, 1.82) is 0 Å². The standard InChI is InChI=1S/C13H14BrN3/c1-9(11-6-4-3-5-7-11)17-13-12(14)10(2)15-8-16-13/h3-9H,1-2H3,(H,15,16,17). The van der Waals surface area contributed by atoms with Crippen LogP contribution in [-0.4, -0.2) is 9.97 Å². The van der Waals surface area contributed by atoms with E-state index in [1.54, 1.807) is 6.33 Å². The summed E-state index contributed by atoms with van der Waals surface area (Å²) in [5, 5.41) is 3.37. The van der Waals surface area contributed by atoms with E-state index in [4.69, 9.17) is 0 Å². The van der Waals surface area contributed by atoms with Gasteiger partial charge in [0.05, 0.1) is 10.2 Å². The molecule has 1 unspecified atom stereocenters. The van der Waals surface area contributed by atoms with Gasteiger partial charge in [-0.05, 0) is 35.3 Å². The number of hydrogen-bond donors (Lipinski definition) is 1. The molecule has 0 aliphatic carbocycles. The van der Waals surface area contributed by atoms with Gasteiger partial charge in [0.1, 0.15) is 12.1 Å². The highest BCUT2D eigenvalue weighted by molar-refractivity contribution is 9.10. The number of hydrogen-bond acceptors (Lipinski definition) is 3. The molecule has 4 heteroatoms. The number of rotatable bonds is 3. The van der Waals surface area contributed by atoms with Gasteiger partial charge in [-0.25, -0.2) is 9.97 Å². The Bertz CT molecular complexity index is 499. The lowest BCUT2D eigenvalue weighted by Crippen LogP contribution is -2.09. The second-order valence-electron chi connectivity index (χ2n) is 3.90. The van der Waals surface area contributed by atoms with Crippen LogP contribution in [-0.2, 0) is 0 Å². The van der Waals surface area contributed by atoms with Crippen LogP contribution in [0, 0.1) is 6.92 Å². The quantitative estimate of drug-likeness (QED) is 0.937. The number of nitrogens with one attached hydrogen (secondary N) is 1. The van der Waals surface area contributed by atoms with Gasteiger partial charge in [0, 0.05) is 6.04 Å². The molecular formula is C13H14BrN3. The molecule has 1 atom stereocenters. The zero-order valence-electron chi connectivity index (χ0n) is 9.81. The van der Waals surface area contributed by atoms with Crippen LogP contribution in [0.1, 0.15) is 24.2 Å². The first-order valence-electron chi connectivity index (χ1n) is 5.47. The lowest BCUT2D eigenvalue weighted by Gasteiger charge is -2.16. The molecule has 17 heavy (non-hydrogen) atoms. The van der Waals surface area contributed by atoms with Gasteiger partial charge < -0.3 is 5.32 Å². The van der Waals surface area contributed by atoms with Crippen molar-refractivity contribution in [2.24, 2.45) is 0 Å². The predicted octanol–water partition coefficient (Wildman–Crippen LogP) is 3.72. The summed E-state index contributed by atoms with van der Waals surface area (Å²) in [4.78, 5) is 8.36. The average Bonchev–Trinajstić information content (AvgIpc) is 2.36. The van der Waals surface area contributed by atoms with E-state index in [1.807, 2.05) is 25.1 Å². The maximum Gasteiger partial charge on any atom is 0.144 e. The van der Waals surface area contributed by atoms with Crippen LogP contribution in [0.3, 0.4) is 0 Å². The molecule has 2 rings (SSSR count). The van der Waals surface area contributed by atoms with Crippen molar-refractivity contribution in [2.75, 3.05) is 5.32 Å². The van der Waals surface area contributed by atoms with Crippen molar-refractivity contribution in [3.63, 3.8) is 0 Å². The van der Waals surface area contributed by atoms with Crippen LogP contribution < -0.4 is 5.32 Å². The van der Waals surface area contributed by atoms with Crippen molar-refractivity contribution >= 4 is 21.7 Å². The third-order valence-electron chi connectivity index (χ3n) is 2.62. The molecule has 0 radical (unpaired) electrons. The van der Waals surface area contributed by atoms with Gasteiger partial charge in [-0.3, -0.25) is 0 Å². The van der Waals surface area contributed by atoms with Gasteiger partial charge in [0.25, 0.3) is 0 Å². The van der Waals surface area contributed by atoms with Crippen molar-refractivity contribution in [1.82, 2.24) is 9.97 Å². The van der Waals surface area contributed by atoms with Crippen LogP contribution >= 0.6 is 15.9 Å². The Morgan fingerprint density at radius 2 is 1.88 bits per heavy atom. The molecule has 2 aromatic rings. The summed E-state index contributed by atoms with van der Waals surface area (Å²) in [5.41, 5.74) is 2.17. The third kappa shape index (κ3) is 2.82. The first-order chi connectivity index (χ1) is 8.18. The lowest BCUT2D eigenvalue weighted by molar-refractivity contribution is 0.867. The molecule has 0 aliphatic rings. The van der Waals surface area contributed by atoms with Crippen molar-refractivity contribution in [3.8, 4) is 0 Å². The first kappa shape index (κ1) is 12.0. The van der Waals surface area contributed by atoms with Gasteiger partial charge in [-0.1, -0.05) is 30.3 Å². The number of aromatic nitrogens is 2. The average molecular weight is 292 g/mol. The highest BCUT2D eigenvalue weighted by Gasteiger charge is 2.09. The largest absolute Gasteiger partial charge is 0.363 e. The molecule has 0 fully saturated rings. The van der Waals surface area contributed by atoms with E-state index in [0.717, 1.165) is 16.0 Å². The van der Waals surface area contributed by atoms with Crippen LogP contribution in [0.2, 0.25) is 0 Å². The summed E-state index contributed by atoms with van der Waals surface area (Å²) < 4.78 is 0.919. The minimum absolute atomic E-state index is 0.210. The summed E-state index contributed by atoms with van der Waals surface area (Å²) in [7, 11) is 0. The maximum absolute atomic E-state index is 4.24. The Hall–Kier alpha value is -1.42. The minimum Gasteiger partial charge on any atom is -0.363 e. The second kappa shape index (κ2) is 5.27. The highest BCUT2D eigenvalue weighted by Crippen LogP contribution is 2.25. The van der Waals surface area contributed by atoms with Crippen molar-refractivity contribution in [2.45, 2.75) is 19.9 Å². The molecule has 0 amide bonds. The predicted molar refractivity (Wildman–Crippen MR) is 72.9 cm³/mol. The van der Waals surface area contributed by atoms with E-state index in [1.165, 1.54) is 5.56 Å². The molecule has 3 nitrogen and oxygen atoms in total. The normalized spacial score (nSPS) is 12.2. The second-order valence-corrected chi connectivity index (χ2v) is 4.69. The fraction of sp³-hybridized carbons (Fsp3) is 0.231. The number of aryl methyl sites for hydroxylation is 1. The van der Waals surface area contributed by atoms with Crippen LogP contribution in [0.5, 0.6) is 0 Å². The minimum atomic E-state index is 0.210. The molecule has 1 aromatic heterocycles. The monoisotopic (exact) mass is 291 g/mol. The number of halogens is 1. The van der Waals surface area contributed by atoms with Crippen LogP contribution in [0.15, 0.2) is 41.1 Å². The Labute approximate surface area is 109 Å². The summed E-state index contributed by atoms with van der Waals surface area (Å²) >= 11 is 3.49. The smallest absolute Gasteiger partial charge is 0.144 e. The van der Waals surface area contributed by atoms with Crippen molar-refractivity contribution < 1.29 is 0 Å². The molecule has 0 saturated carbocycles. The zero-order chi connectivity index (χ0) is 12.3. The number of nitrogens with zero attached hydrogens (tertiary/aromatic N) is 2. The Morgan fingerprint density at radius 1 is 1.18 bits per heavy atom. The SMILES string of the molecule is Cc1ncnc(NC(C)c2ccccc2)c1Br. The van der Waals surface area contributed by atoms with Gasteiger partial charge >= 0.3 is 0 Å². The van der Waals surface area contributed by atoms with Crippen LogP contribution in [0.4, 0.5) is 5.82 Å². The molecule has 0 aliphatic heterocycles. The number of benzene rings is 1. The molecule has 1 N–H and O–H groups in total. The van der Waals surface area contributed by atoms with E-state index in [2.05, 4.69) is 50.3 Å². The third-order valence-corrected chi connectivity index (χ3v) is 3.57. The maximum atomic E-state index is 4.24. The fourth-order valence-electron chi connectivity index (χ4n) is 1.59. The lowest BCUT2D eigenvalue weighted by atomic mass is 10.1. The molecule has 0 bridgehead atoms. The first-order valence-corrected chi connectivity index (χ1v) is 6.26. The van der Waals surface area contributed by atoms with E-state index in [-0.39, 0.29) is 6.04 Å². The molecule has 0 spiro atoms. The zero-order valence-corrected chi connectivity index (χ0v) is 11.4. The van der Waals surface area contributed by atoms with Crippen molar-refractivity contribution in [3.05, 3.63) is 52.4 Å². The molecule has 1 heterocycles. The summed E-state index contributed by atoms with van der Waals surface area (Å²) in [6.07, 6.45) is 1.57. The molecule has 1 aromatic carbocycles. The fourth-order valence-corrected chi connectivity index (χ4v) is 1.91. The highest BCUT2D eigenvalue weighted by atomic mass is 79.9. The molecule has 0 saturated heterocycles. The Morgan fingerprint density at radius 3 is 2.59 bits per heavy atom. The topological polar surface area (TPSA) is 37.8 Å². The van der Waals surface area contributed by atoms with Gasteiger partial charge in [0.2, 0.25) is 0 Å². The van der Waals surface area contributed by atoms with E-state index < -0.39 is 0 Å². The van der Waals surface area contributed by atoms with Gasteiger partial charge in [-0.2, -0.15) is 0 Å². The van der Waals surface area contributed by atoms with E-state index >= 15 is 0 Å². The summed E-state index contributed by atoms with van der Waals surface area (Å²) in [5.74, 6) is 0.828. The summed E-state index contributed by atoms with van der Waals surface area (Å²) in [6, 6.07) is 10.5. The van der Waals surface area contributed by atoms with E-state index in [0.29, 0.717) is 0 Å². The Kier molecular flexibility index (Phi) is 3.74.